The molecule has 0 amide bonds. The molecule has 118 valence electrons. The number of rotatable bonds is 8. The van der Waals surface area contributed by atoms with Crippen molar-refractivity contribution in [3.63, 3.8) is 0 Å². The van der Waals surface area contributed by atoms with Crippen molar-refractivity contribution in [1.29, 1.82) is 10.5 Å². The predicted molar refractivity (Wildman–Crippen MR) is 95.4 cm³/mol. The van der Waals surface area contributed by atoms with Crippen molar-refractivity contribution in [1.82, 2.24) is 0 Å². The van der Waals surface area contributed by atoms with E-state index >= 15 is 0 Å². The lowest BCUT2D eigenvalue weighted by atomic mass is 9.64. The molecule has 2 atom stereocenters. The average Bonchev–Trinajstić information content (AvgIpc) is 2.56. The molecular weight excluding hydrogens is 280 g/mol. The number of allylic oxidation sites excluding steroid dienone is 4. The third-order valence-corrected chi connectivity index (χ3v) is 4.12. The monoisotopic (exact) mass is 304 g/mol. The van der Waals surface area contributed by atoms with E-state index in [1.807, 2.05) is 56.3 Å². The van der Waals surface area contributed by atoms with Crippen LogP contribution in [0.4, 0.5) is 0 Å². The van der Waals surface area contributed by atoms with Gasteiger partial charge in [0.2, 0.25) is 0 Å². The van der Waals surface area contributed by atoms with E-state index < -0.39 is 5.41 Å². The molecular formula is C21H24N2. The van der Waals surface area contributed by atoms with Gasteiger partial charge in [0, 0.05) is 11.8 Å². The molecule has 1 rings (SSSR count). The Labute approximate surface area is 140 Å². The second-order valence-electron chi connectivity index (χ2n) is 5.96. The summed E-state index contributed by atoms with van der Waals surface area (Å²) in [7, 11) is 0. The van der Waals surface area contributed by atoms with Crippen LogP contribution in [-0.2, 0) is 0 Å². The molecule has 0 heterocycles. The fourth-order valence-corrected chi connectivity index (χ4v) is 2.81. The highest BCUT2D eigenvalue weighted by Crippen LogP contribution is 2.45. The van der Waals surface area contributed by atoms with Crippen LogP contribution >= 0.6 is 0 Å². The molecule has 0 aliphatic rings. The molecule has 0 aromatic heterocycles. The van der Waals surface area contributed by atoms with Crippen LogP contribution in [0.1, 0.15) is 38.2 Å². The zero-order valence-corrected chi connectivity index (χ0v) is 14.0. The summed E-state index contributed by atoms with van der Waals surface area (Å²) >= 11 is 0. The van der Waals surface area contributed by atoms with Crippen molar-refractivity contribution in [2.75, 3.05) is 0 Å². The molecule has 23 heavy (non-hydrogen) atoms. The molecule has 2 heteroatoms. The summed E-state index contributed by atoms with van der Waals surface area (Å²) in [6.45, 7) is 11.5. The Morgan fingerprint density at radius 1 is 1.26 bits per heavy atom. The molecule has 0 saturated heterocycles. The van der Waals surface area contributed by atoms with E-state index in [-0.39, 0.29) is 11.8 Å². The molecule has 0 N–H and O–H groups in total. The van der Waals surface area contributed by atoms with E-state index in [1.165, 1.54) is 0 Å². The van der Waals surface area contributed by atoms with Gasteiger partial charge in [-0.3, -0.25) is 0 Å². The molecule has 2 unspecified atom stereocenters. The van der Waals surface area contributed by atoms with E-state index in [0.717, 1.165) is 17.6 Å². The van der Waals surface area contributed by atoms with Crippen LogP contribution in [0.5, 0.6) is 0 Å². The fourth-order valence-electron chi connectivity index (χ4n) is 2.81. The minimum atomic E-state index is -1.13. The minimum absolute atomic E-state index is 0.193. The Morgan fingerprint density at radius 3 is 2.35 bits per heavy atom. The quantitative estimate of drug-likeness (QED) is 0.592. The second-order valence-corrected chi connectivity index (χ2v) is 5.96. The van der Waals surface area contributed by atoms with Crippen LogP contribution in [0, 0.1) is 34.0 Å². The van der Waals surface area contributed by atoms with Crippen molar-refractivity contribution in [3.8, 4) is 12.1 Å². The maximum absolute atomic E-state index is 9.89. The van der Waals surface area contributed by atoms with Gasteiger partial charge in [0.15, 0.2) is 5.41 Å². The lowest BCUT2D eigenvalue weighted by Crippen LogP contribution is -2.32. The lowest BCUT2D eigenvalue weighted by molar-refractivity contribution is 0.324. The first-order chi connectivity index (χ1) is 11.0. The Hall–Kier alpha value is -2.58. The highest BCUT2D eigenvalue weighted by atomic mass is 14.5. The van der Waals surface area contributed by atoms with Crippen molar-refractivity contribution in [3.05, 3.63) is 72.9 Å². The van der Waals surface area contributed by atoms with Crippen LogP contribution < -0.4 is 0 Å². The standard InChI is InChI=1S/C21H24N2/c1-5-6-8-11-18(4)21(15-22,16-23)20(14-17(2)3)19-12-9-7-10-13-19/h5,7-13,18,20H,1-2,6,14H2,3-4H3/b11-8+. The smallest absolute Gasteiger partial charge is 0.156 e. The van der Waals surface area contributed by atoms with Gasteiger partial charge < -0.3 is 0 Å². The number of hydrogen-bond donors (Lipinski definition) is 0. The van der Waals surface area contributed by atoms with E-state index in [1.54, 1.807) is 6.08 Å². The van der Waals surface area contributed by atoms with E-state index in [0.29, 0.717) is 6.42 Å². The molecule has 0 bridgehead atoms. The molecule has 2 nitrogen and oxygen atoms in total. The summed E-state index contributed by atoms with van der Waals surface area (Å²) in [6.07, 6.45) is 7.05. The molecule has 0 aliphatic heterocycles. The predicted octanol–water partition coefficient (Wildman–Crippen LogP) is 5.54. The molecule has 0 fully saturated rings. The molecule has 0 radical (unpaired) electrons. The Balaban J connectivity index is 3.36. The summed E-state index contributed by atoms with van der Waals surface area (Å²) in [5.74, 6) is -0.401. The summed E-state index contributed by atoms with van der Waals surface area (Å²) < 4.78 is 0. The first kappa shape index (κ1) is 18.5. The van der Waals surface area contributed by atoms with Crippen molar-refractivity contribution in [2.24, 2.45) is 11.3 Å². The Kier molecular flexibility index (Phi) is 7.04. The van der Waals surface area contributed by atoms with Crippen molar-refractivity contribution < 1.29 is 0 Å². The van der Waals surface area contributed by atoms with Gasteiger partial charge in [-0.05, 0) is 25.3 Å². The van der Waals surface area contributed by atoms with Gasteiger partial charge in [-0.25, -0.2) is 0 Å². The van der Waals surface area contributed by atoms with Gasteiger partial charge in [0.1, 0.15) is 0 Å². The van der Waals surface area contributed by atoms with E-state index in [4.69, 9.17) is 0 Å². The molecule has 1 aromatic rings. The number of nitrogens with zero attached hydrogens (tertiary/aromatic N) is 2. The minimum Gasteiger partial charge on any atom is -0.197 e. The first-order valence-corrected chi connectivity index (χ1v) is 7.81. The third kappa shape index (κ3) is 4.44. The van der Waals surface area contributed by atoms with Crippen LogP contribution in [0.25, 0.3) is 0 Å². The van der Waals surface area contributed by atoms with Gasteiger partial charge >= 0.3 is 0 Å². The molecule has 0 aliphatic carbocycles. The van der Waals surface area contributed by atoms with E-state index in [9.17, 15) is 10.5 Å². The maximum atomic E-state index is 9.89. The molecule has 1 aromatic carbocycles. The number of hydrogen-bond acceptors (Lipinski definition) is 2. The van der Waals surface area contributed by atoms with Crippen molar-refractivity contribution in [2.45, 2.75) is 32.6 Å². The zero-order chi connectivity index (χ0) is 17.3. The lowest BCUT2D eigenvalue weighted by Gasteiger charge is -2.33. The Morgan fingerprint density at radius 2 is 1.87 bits per heavy atom. The van der Waals surface area contributed by atoms with Crippen LogP contribution in [0.3, 0.4) is 0 Å². The molecule has 0 spiro atoms. The van der Waals surface area contributed by atoms with Crippen molar-refractivity contribution >= 4 is 0 Å². The fraction of sp³-hybridized carbons (Fsp3) is 0.333. The van der Waals surface area contributed by atoms with Crippen LogP contribution in [-0.4, -0.2) is 0 Å². The zero-order valence-electron chi connectivity index (χ0n) is 14.0. The summed E-state index contributed by atoms with van der Waals surface area (Å²) in [4.78, 5) is 0. The topological polar surface area (TPSA) is 47.6 Å². The van der Waals surface area contributed by atoms with Gasteiger partial charge in [-0.2, -0.15) is 10.5 Å². The highest BCUT2D eigenvalue weighted by molar-refractivity contribution is 5.34. The average molecular weight is 304 g/mol. The van der Waals surface area contributed by atoms with Gasteiger partial charge in [-0.15, -0.1) is 13.2 Å². The maximum Gasteiger partial charge on any atom is 0.156 e. The SMILES string of the molecule is C=CC/C=C/C(C)C(C#N)(C#N)C(CC(=C)C)c1ccccc1. The van der Waals surface area contributed by atoms with Gasteiger partial charge in [-0.1, -0.05) is 61.1 Å². The van der Waals surface area contributed by atoms with Crippen LogP contribution in [0.15, 0.2) is 67.3 Å². The molecule has 0 saturated carbocycles. The van der Waals surface area contributed by atoms with Gasteiger partial charge in [0.25, 0.3) is 0 Å². The van der Waals surface area contributed by atoms with Gasteiger partial charge in [0.05, 0.1) is 12.1 Å². The Bertz CT molecular complexity index is 627. The summed E-state index contributed by atoms with van der Waals surface area (Å²) in [5, 5.41) is 19.8. The number of benzene rings is 1. The highest BCUT2D eigenvalue weighted by Gasteiger charge is 2.44. The van der Waals surface area contributed by atoms with E-state index in [2.05, 4.69) is 25.3 Å². The number of nitriles is 2. The van der Waals surface area contributed by atoms with Crippen LogP contribution in [0.2, 0.25) is 0 Å². The largest absolute Gasteiger partial charge is 0.197 e. The first-order valence-electron chi connectivity index (χ1n) is 7.81. The normalized spacial score (nSPS) is 13.7. The second kappa shape index (κ2) is 8.76. The summed E-state index contributed by atoms with van der Waals surface area (Å²) in [5.41, 5.74) is 0.844. The summed E-state index contributed by atoms with van der Waals surface area (Å²) in [6, 6.07) is 14.4. The third-order valence-electron chi connectivity index (χ3n) is 4.12.